The van der Waals surface area contributed by atoms with Gasteiger partial charge in [0.1, 0.15) is 0 Å². The zero-order chi connectivity index (χ0) is 10.1. The van der Waals surface area contributed by atoms with Gasteiger partial charge in [-0.25, -0.2) is 4.98 Å². The summed E-state index contributed by atoms with van der Waals surface area (Å²) in [5.74, 6) is 0. The summed E-state index contributed by atoms with van der Waals surface area (Å²) in [6, 6.07) is 4.21. The number of nitrogens with zero attached hydrogens (tertiary/aromatic N) is 2. The minimum atomic E-state index is 0.410. The van der Waals surface area contributed by atoms with Gasteiger partial charge >= 0.3 is 0 Å². The number of nitrogens with two attached hydrogens (primary N) is 1. The molecule has 0 amide bonds. The monoisotopic (exact) mass is 211 g/mol. The number of rotatable bonds is 1. The van der Waals surface area contributed by atoms with Crippen LogP contribution in [0.2, 0.25) is 5.15 Å². The molecule has 0 saturated carbocycles. The van der Waals surface area contributed by atoms with E-state index in [1.165, 1.54) is 6.42 Å². The van der Waals surface area contributed by atoms with E-state index < -0.39 is 0 Å². The fraction of sp³-hybridized carbons (Fsp3) is 0.500. The minimum Gasteiger partial charge on any atom is -0.396 e. The van der Waals surface area contributed by atoms with Gasteiger partial charge in [-0.1, -0.05) is 11.6 Å². The molecule has 0 bridgehead atoms. The molecule has 4 heteroatoms. The molecule has 1 atom stereocenters. The Morgan fingerprint density at radius 2 is 2.36 bits per heavy atom. The lowest BCUT2D eigenvalue weighted by atomic mass is 10.1. The second-order valence-corrected chi connectivity index (χ2v) is 4.11. The fourth-order valence-electron chi connectivity index (χ4n) is 1.93. The summed E-state index contributed by atoms with van der Waals surface area (Å²) >= 11 is 5.89. The summed E-state index contributed by atoms with van der Waals surface area (Å²) in [5, 5.41) is 0.419. The molecule has 2 rings (SSSR count). The Bertz CT molecular complexity index is 340. The maximum Gasteiger partial charge on any atom is 0.152 e. The number of anilines is 1. The van der Waals surface area contributed by atoms with E-state index in [1.807, 2.05) is 12.1 Å². The van der Waals surface area contributed by atoms with Crippen LogP contribution >= 0.6 is 11.6 Å². The second-order valence-electron chi connectivity index (χ2n) is 3.75. The highest BCUT2D eigenvalue weighted by atomic mass is 35.5. The average molecular weight is 212 g/mol. The second kappa shape index (κ2) is 3.75. The van der Waals surface area contributed by atoms with E-state index in [-0.39, 0.29) is 0 Å². The summed E-state index contributed by atoms with van der Waals surface area (Å²) in [7, 11) is 2.11. The van der Waals surface area contributed by atoms with Gasteiger partial charge in [-0.15, -0.1) is 0 Å². The third-order valence-electron chi connectivity index (χ3n) is 2.76. The van der Waals surface area contributed by atoms with Crippen LogP contribution < -0.4 is 5.73 Å². The van der Waals surface area contributed by atoms with E-state index in [9.17, 15) is 0 Å². The first-order valence-electron chi connectivity index (χ1n) is 4.80. The van der Waals surface area contributed by atoms with Gasteiger partial charge in [-0.2, -0.15) is 0 Å². The van der Waals surface area contributed by atoms with Gasteiger partial charge in [0.05, 0.1) is 17.4 Å². The largest absolute Gasteiger partial charge is 0.396 e. The van der Waals surface area contributed by atoms with Crippen molar-refractivity contribution in [1.82, 2.24) is 9.88 Å². The fourth-order valence-corrected chi connectivity index (χ4v) is 2.09. The van der Waals surface area contributed by atoms with Gasteiger partial charge in [0.2, 0.25) is 0 Å². The van der Waals surface area contributed by atoms with Crippen LogP contribution in [0.5, 0.6) is 0 Å². The molecule has 0 radical (unpaired) electrons. The molecule has 0 aliphatic carbocycles. The molecule has 76 valence electrons. The Balaban J connectivity index is 2.28. The number of hydrogen-bond donors (Lipinski definition) is 1. The van der Waals surface area contributed by atoms with Crippen LogP contribution in [-0.4, -0.2) is 23.5 Å². The van der Waals surface area contributed by atoms with Gasteiger partial charge in [0, 0.05) is 0 Å². The molecule has 2 heterocycles. The Morgan fingerprint density at radius 1 is 1.57 bits per heavy atom. The molecule has 1 fully saturated rings. The first-order chi connectivity index (χ1) is 6.68. The third kappa shape index (κ3) is 1.70. The van der Waals surface area contributed by atoms with Crippen LogP contribution in [-0.2, 0) is 0 Å². The molecule has 0 aromatic carbocycles. The topological polar surface area (TPSA) is 42.1 Å². The Hall–Kier alpha value is -0.800. The molecule has 3 nitrogen and oxygen atoms in total. The van der Waals surface area contributed by atoms with Crippen LogP contribution in [0.4, 0.5) is 5.69 Å². The molecular weight excluding hydrogens is 198 g/mol. The van der Waals surface area contributed by atoms with Gasteiger partial charge < -0.3 is 5.73 Å². The van der Waals surface area contributed by atoms with Gasteiger partial charge in [0.15, 0.2) is 5.15 Å². The summed E-state index contributed by atoms with van der Waals surface area (Å²) in [5.41, 5.74) is 7.20. The van der Waals surface area contributed by atoms with Crippen LogP contribution in [0, 0.1) is 0 Å². The van der Waals surface area contributed by atoms with Crippen molar-refractivity contribution in [1.29, 1.82) is 0 Å². The van der Waals surface area contributed by atoms with Crippen molar-refractivity contribution >= 4 is 17.3 Å². The normalized spacial score (nSPS) is 22.9. The van der Waals surface area contributed by atoms with Crippen molar-refractivity contribution in [3.63, 3.8) is 0 Å². The molecule has 0 spiro atoms. The van der Waals surface area contributed by atoms with E-state index in [4.69, 9.17) is 17.3 Å². The molecule has 1 aromatic rings. The lowest BCUT2D eigenvalue weighted by molar-refractivity contribution is 0.312. The molecule has 2 N–H and O–H groups in total. The summed E-state index contributed by atoms with van der Waals surface area (Å²) in [4.78, 5) is 6.60. The van der Waals surface area contributed by atoms with E-state index in [2.05, 4.69) is 16.9 Å². The maximum atomic E-state index is 5.89. The van der Waals surface area contributed by atoms with Crippen molar-refractivity contribution in [2.45, 2.75) is 18.9 Å². The number of halogens is 1. The lowest BCUT2D eigenvalue weighted by Crippen LogP contribution is -2.18. The molecule has 1 aliphatic heterocycles. The summed E-state index contributed by atoms with van der Waals surface area (Å²) in [6.07, 6.45) is 2.38. The predicted molar refractivity (Wildman–Crippen MR) is 58.3 cm³/mol. The van der Waals surface area contributed by atoms with Gasteiger partial charge in [-0.05, 0) is 38.6 Å². The maximum absolute atomic E-state index is 5.89. The quantitative estimate of drug-likeness (QED) is 0.724. The molecule has 1 aliphatic rings. The van der Waals surface area contributed by atoms with Crippen molar-refractivity contribution in [2.24, 2.45) is 0 Å². The smallest absolute Gasteiger partial charge is 0.152 e. The highest BCUT2D eigenvalue weighted by molar-refractivity contribution is 6.31. The van der Waals surface area contributed by atoms with Gasteiger partial charge in [0.25, 0.3) is 0 Å². The van der Waals surface area contributed by atoms with Crippen molar-refractivity contribution in [2.75, 3.05) is 19.3 Å². The van der Waals surface area contributed by atoms with Crippen molar-refractivity contribution < 1.29 is 0 Å². The van der Waals surface area contributed by atoms with Gasteiger partial charge in [-0.3, -0.25) is 4.90 Å². The molecule has 1 saturated heterocycles. The number of likely N-dealkylation sites (tertiary alicyclic amines) is 1. The summed E-state index contributed by atoms with van der Waals surface area (Å²) < 4.78 is 0. The zero-order valence-electron chi connectivity index (χ0n) is 8.20. The number of pyridine rings is 1. The van der Waals surface area contributed by atoms with Crippen LogP contribution in [0.3, 0.4) is 0 Å². The highest BCUT2D eigenvalue weighted by Gasteiger charge is 2.23. The third-order valence-corrected chi connectivity index (χ3v) is 3.06. The lowest BCUT2D eigenvalue weighted by Gasteiger charge is -2.18. The van der Waals surface area contributed by atoms with Crippen molar-refractivity contribution in [3.05, 3.63) is 23.0 Å². The van der Waals surface area contributed by atoms with Crippen LogP contribution in [0.15, 0.2) is 12.1 Å². The molecular formula is C10H14ClN3. The van der Waals surface area contributed by atoms with Crippen molar-refractivity contribution in [3.8, 4) is 0 Å². The summed E-state index contributed by atoms with van der Waals surface area (Å²) in [6.45, 7) is 1.13. The van der Waals surface area contributed by atoms with E-state index >= 15 is 0 Å². The highest BCUT2D eigenvalue weighted by Crippen LogP contribution is 2.30. The number of hydrogen-bond acceptors (Lipinski definition) is 3. The number of nitrogen functional groups attached to an aromatic ring is 1. The first kappa shape index (κ1) is 9.74. The number of aromatic nitrogens is 1. The molecule has 14 heavy (non-hydrogen) atoms. The van der Waals surface area contributed by atoms with Crippen LogP contribution in [0.25, 0.3) is 0 Å². The Morgan fingerprint density at radius 3 is 2.93 bits per heavy atom. The SMILES string of the molecule is CN1CCCC1c1ccc(N)c(Cl)n1. The predicted octanol–water partition coefficient (Wildman–Crippen LogP) is 2.08. The minimum absolute atomic E-state index is 0.410. The van der Waals surface area contributed by atoms with E-state index in [1.54, 1.807) is 0 Å². The Kier molecular flexibility index (Phi) is 2.61. The standard InChI is InChI=1S/C10H14ClN3/c1-14-6-2-3-9(14)8-5-4-7(12)10(11)13-8/h4-5,9H,2-3,6,12H2,1H3. The van der Waals surface area contributed by atoms with E-state index in [0.29, 0.717) is 16.9 Å². The Labute approximate surface area is 88.9 Å². The van der Waals surface area contributed by atoms with E-state index in [0.717, 1.165) is 18.7 Å². The average Bonchev–Trinajstić information content (AvgIpc) is 2.57. The molecule has 1 unspecified atom stereocenters. The molecule has 1 aromatic heterocycles. The van der Waals surface area contributed by atoms with Crippen LogP contribution in [0.1, 0.15) is 24.6 Å². The zero-order valence-corrected chi connectivity index (χ0v) is 8.96. The first-order valence-corrected chi connectivity index (χ1v) is 5.18.